The fourth-order valence-electron chi connectivity index (χ4n) is 4.84. The lowest BCUT2D eigenvalue weighted by Crippen LogP contribution is -2.49. The molecule has 1 unspecified atom stereocenters. The highest BCUT2D eigenvalue weighted by atomic mass is 16.2. The lowest BCUT2D eigenvalue weighted by molar-refractivity contribution is -0.123. The number of piperidine rings is 1. The summed E-state index contributed by atoms with van der Waals surface area (Å²) in [5.41, 5.74) is 2.11. The Labute approximate surface area is 162 Å². The number of nitrogens with one attached hydrogen (secondary N) is 1. The molecule has 2 aliphatic rings. The lowest BCUT2D eigenvalue weighted by Gasteiger charge is -2.36. The molecule has 0 aromatic carbocycles. The number of hydrogen-bond donors (Lipinski definition) is 1. The maximum absolute atomic E-state index is 12.5. The van der Waals surface area contributed by atoms with Crippen molar-refractivity contribution in [3.05, 3.63) is 17.0 Å². The van der Waals surface area contributed by atoms with Gasteiger partial charge in [-0.3, -0.25) is 14.3 Å². The molecule has 0 bridgehead atoms. The largest absolute Gasteiger partial charge is 0.350 e. The van der Waals surface area contributed by atoms with Gasteiger partial charge in [-0.15, -0.1) is 0 Å². The van der Waals surface area contributed by atoms with Gasteiger partial charge in [0.05, 0.1) is 11.3 Å². The van der Waals surface area contributed by atoms with Crippen LogP contribution in [-0.2, 0) is 11.3 Å². The summed E-state index contributed by atoms with van der Waals surface area (Å²) in [6, 6.07) is 0.221. The number of aryl methyl sites for hydroxylation is 1. The van der Waals surface area contributed by atoms with Gasteiger partial charge in [-0.1, -0.05) is 19.3 Å². The van der Waals surface area contributed by atoms with E-state index in [1.807, 2.05) is 13.8 Å². The number of nitrogens with zero attached hydrogens (tertiary/aromatic N) is 3. The van der Waals surface area contributed by atoms with Crippen molar-refractivity contribution >= 4 is 11.7 Å². The molecule has 1 saturated heterocycles. The van der Waals surface area contributed by atoms with Gasteiger partial charge >= 0.3 is 0 Å². The molecule has 1 amide bonds. The van der Waals surface area contributed by atoms with Gasteiger partial charge in [-0.2, -0.15) is 5.10 Å². The molecule has 27 heavy (non-hydrogen) atoms. The van der Waals surface area contributed by atoms with Crippen LogP contribution in [0.25, 0.3) is 0 Å². The van der Waals surface area contributed by atoms with E-state index in [9.17, 15) is 9.59 Å². The number of aromatic nitrogens is 2. The predicted molar refractivity (Wildman–Crippen MR) is 106 cm³/mol. The van der Waals surface area contributed by atoms with Crippen LogP contribution >= 0.6 is 0 Å². The minimum Gasteiger partial charge on any atom is -0.350 e. The number of ketones is 1. The van der Waals surface area contributed by atoms with Gasteiger partial charge in [0, 0.05) is 24.8 Å². The Hall–Kier alpha value is -1.69. The Kier molecular flexibility index (Phi) is 6.68. The molecule has 1 saturated carbocycles. The average molecular weight is 375 g/mol. The molecule has 2 fully saturated rings. The van der Waals surface area contributed by atoms with E-state index in [0.29, 0.717) is 11.3 Å². The number of Topliss-reactive ketones (excluding diaryl/α,β-unsaturated/α-hetero) is 1. The van der Waals surface area contributed by atoms with Gasteiger partial charge in [-0.05, 0) is 58.9 Å². The zero-order valence-corrected chi connectivity index (χ0v) is 17.1. The minimum absolute atomic E-state index is 0.00212. The highest BCUT2D eigenvalue weighted by Crippen LogP contribution is 2.25. The minimum atomic E-state index is -0.0137. The quantitative estimate of drug-likeness (QED) is 0.778. The SMILES string of the molecule is CC(=O)c1c(C)nn(CC(=O)NC2CCCN(CC3CCCCC3)C2)c1C. The van der Waals surface area contributed by atoms with E-state index >= 15 is 0 Å². The standard InChI is InChI=1S/C21H34N4O2/c1-15-21(17(3)26)16(2)25(23-15)14-20(27)22-19-10-7-11-24(13-19)12-18-8-5-4-6-9-18/h18-19H,4-14H2,1-3H3,(H,22,27). The number of rotatable bonds is 6. The van der Waals surface area contributed by atoms with Crippen molar-refractivity contribution in [3.63, 3.8) is 0 Å². The fraction of sp³-hybridized carbons (Fsp3) is 0.762. The summed E-state index contributed by atoms with van der Waals surface area (Å²) in [5, 5.41) is 7.57. The first-order chi connectivity index (χ1) is 12.9. The maximum atomic E-state index is 12.5. The molecule has 1 N–H and O–H groups in total. The van der Waals surface area contributed by atoms with Crippen molar-refractivity contribution < 1.29 is 9.59 Å². The Balaban J connectivity index is 1.51. The fourth-order valence-corrected chi connectivity index (χ4v) is 4.84. The van der Waals surface area contributed by atoms with E-state index in [4.69, 9.17) is 0 Å². The van der Waals surface area contributed by atoms with Crippen molar-refractivity contribution in [2.45, 2.75) is 78.3 Å². The van der Waals surface area contributed by atoms with Crippen molar-refractivity contribution in [2.75, 3.05) is 19.6 Å². The van der Waals surface area contributed by atoms with Crippen LogP contribution < -0.4 is 5.32 Å². The topological polar surface area (TPSA) is 67.2 Å². The van der Waals surface area contributed by atoms with E-state index in [2.05, 4.69) is 15.3 Å². The van der Waals surface area contributed by atoms with Crippen molar-refractivity contribution in [1.29, 1.82) is 0 Å². The molecule has 1 aliphatic carbocycles. The van der Waals surface area contributed by atoms with Crippen LogP contribution in [0, 0.1) is 19.8 Å². The summed E-state index contributed by atoms with van der Waals surface area (Å²) in [7, 11) is 0. The molecule has 0 spiro atoms. The zero-order chi connectivity index (χ0) is 19.4. The van der Waals surface area contributed by atoms with Gasteiger partial charge < -0.3 is 10.2 Å². The van der Waals surface area contributed by atoms with E-state index in [0.717, 1.165) is 37.5 Å². The molecule has 1 atom stereocenters. The van der Waals surface area contributed by atoms with E-state index in [1.165, 1.54) is 38.6 Å². The molecule has 1 aliphatic heterocycles. The summed E-state index contributed by atoms with van der Waals surface area (Å²) in [4.78, 5) is 26.8. The number of amides is 1. The number of hydrogen-bond acceptors (Lipinski definition) is 4. The third-order valence-corrected chi connectivity index (χ3v) is 6.14. The van der Waals surface area contributed by atoms with Crippen LogP contribution in [0.5, 0.6) is 0 Å². The van der Waals surface area contributed by atoms with Gasteiger partial charge in [-0.25, -0.2) is 0 Å². The van der Waals surface area contributed by atoms with Crippen LogP contribution in [0.4, 0.5) is 0 Å². The second-order valence-electron chi connectivity index (χ2n) is 8.43. The predicted octanol–water partition coefficient (Wildman–Crippen LogP) is 2.86. The van der Waals surface area contributed by atoms with Crippen molar-refractivity contribution in [1.82, 2.24) is 20.0 Å². The van der Waals surface area contributed by atoms with Gasteiger partial charge in [0.2, 0.25) is 5.91 Å². The Morgan fingerprint density at radius 3 is 2.52 bits per heavy atom. The normalized spacial score (nSPS) is 22.0. The van der Waals surface area contributed by atoms with Crippen LogP contribution in [-0.4, -0.2) is 52.0 Å². The summed E-state index contributed by atoms with van der Waals surface area (Å²) >= 11 is 0. The van der Waals surface area contributed by atoms with Crippen LogP contribution in [0.2, 0.25) is 0 Å². The van der Waals surface area contributed by atoms with Gasteiger partial charge in [0.15, 0.2) is 5.78 Å². The number of carbonyl (C=O) groups is 2. The molecule has 6 nitrogen and oxygen atoms in total. The Morgan fingerprint density at radius 2 is 1.85 bits per heavy atom. The average Bonchev–Trinajstić information content (AvgIpc) is 2.89. The molecule has 1 aromatic rings. The first kappa shape index (κ1) is 20.1. The first-order valence-corrected chi connectivity index (χ1v) is 10.5. The highest BCUT2D eigenvalue weighted by Gasteiger charge is 2.25. The van der Waals surface area contributed by atoms with Crippen LogP contribution in [0.3, 0.4) is 0 Å². The van der Waals surface area contributed by atoms with Gasteiger partial charge in [0.1, 0.15) is 6.54 Å². The molecule has 1 aromatic heterocycles. The second kappa shape index (κ2) is 9.00. The summed E-state index contributed by atoms with van der Waals surface area (Å²) in [5.74, 6) is 0.829. The molecule has 150 valence electrons. The Bertz CT molecular complexity index is 676. The van der Waals surface area contributed by atoms with Crippen LogP contribution in [0.1, 0.15) is 73.6 Å². The van der Waals surface area contributed by atoms with Crippen LogP contribution in [0.15, 0.2) is 0 Å². The maximum Gasteiger partial charge on any atom is 0.242 e. The summed E-state index contributed by atoms with van der Waals surface area (Å²) in [6.07, 6.45) is 9.07. The molecule has 6 heteroatoms. The van der Waals surface area contributed by atoms with E-state index in [-0.39, 0.29) is 24.3 Å². The molecule has 2 heterocycles. The van der Waals surface area contributed by atoms with Crippen molar-refractivity contribution in [3.8, 4) is 0 Å². The lowest BCUT2D eigenvalue weighted by atomic mass is 9.88. The summed E-state index contributed by atoms with van der Waals surface area (Å²) in [6.45, 7) is 8.70. The first-order valence-electron chi connectivity index (χ1n) is 10.5. The Morgan fingerprint density at radius 1 is 1.11 bits per heavy atom. The zero-order valence-electron chi connectivity index (χ0n) is 17.1. The molecular formula is C21H34N4O2. The third kappa shape index (κ3) is 5.18. The second-order valence-corrected chi connectivity index (χ2v) is 8.43. The van der Waals surface area contributed by atoms with E-state index in [1.54, 1.807) is 11.6 Å². The third-order valence-electron chi connectivity index (χ3n) is 6.14. The van der Waals surface area contributed by atoms with Gasteiger partial charge in [0.25, 0.3) is 0 Å². The monoisotopic (exact) mass is 374 g/mol. The smallest absolute Gasteiger partial charge is 0.242 e. The highest BCUT2D eigenvalue weighted by molar-refractivity contribution is 5.96. The van der Waals surface area contributed by atoms with E-state index < -0.39 is 0 Å². The molecule has 0 radical (unpaired) electrons. The van der Waals surface area contributed by atoms with Crippen molar-refractivity contribution in [2.24, 2.45) is 5.92 Å². The summed E-state index contributed by atoms with van der Waals surface area (Å²) < 4.78 is 1.66. The molecule has 3 rings (SSSR count). The number of carbonyl (C=O) groups excluding carboxylic acids is 2. The number of likely N-dealkylation sites (tertiary alicyclic amines) is 1. The molecular weight excluding hydrogens is 340 g/mol.